The topological polar surface area (TPSA) is 46.5 Å². The molecule has 0 radical (unpaired) electrons. The van der Waals surface area contributed by atoms with Gasteiger partial charge < -0.3 is 9.84 Å². The summed E-state index contributed by atoms with van der Waals surface area (Å²) >= 11 is 0. The van der Waals surface area contributed by atoms with Gasteiger partial charge in [-0.15, -0.1) is 0 Å². The minimum atomic E-state index is -2.32. The Morgan fingerprint density at radius 3 is 2.35 bits per heavy atom. The molecule has 0 saturated carbocycles. The summed E-state index contributed by atoms with van der Waals surface area (Å²) in [5.41, 5.74) is 1.15. The lowest BCUT2D eigenvalue weighted by Crippen LogP contribution is -2.21. The van der Waals surface area contributed by atoms with Gasteiger partial charge in [0.1, 0.15) is 5.75 Å². The average Bonchev–Trinajstić information content (AvgIpc) is 2.29. The van der Waals surface area contributed by atoms with Crippen LogP contribution in [0.15, 0.2) is 24.3 Å². The molecule has 94 valence electrons. The van der Waals surface area contributed by atoms with Gasteiger partial charge in [-0.2, -0.15) is 4.39 Å². The molecule has 4 heteroatoms. The van der Waals surface area contributed by atoms with E-state index < -0.39 is 12.3 Å². The van der Waals surface area contributed by atoms with Crippen LogP contribution < -0.4 is 4.74 Å². The molecule has 1 aromatic rings. The molecule has 0 aromatic heterocycles. The minimum absolute atomic E-state index is 0.0421. The number of carboxylic acids is 1. The van der Waals surface area contributed by atoms with Crippen LogP contribution in [0.25, 0.3) is 0 Å². The highest BCUT2D eigenvalue weighted by Crippen LogP contribution is 2.28. The molecule has 3 nitrogen and oxygen atoms in total. The molecule has 1 unspecified atom stereocenters. The van der Waals surface area contributed by atoms with Crippen LogP contribution in [0.5, 0.6) is 5.75 Å². The molecular weight excluding hydrogens is 223 g/mol. The van der Waals surface area contributed by atoms with Crippen LogP contribution >= 0.6 is 0 Å². The van der Waals surface area contributed by atoms with Gasteiger partial charge in [-0.25, -0.2) is 4.79 Å². The Hall–Kier alpha value is -1.58. The van der Waals surface area contributed by atoms with Gasteiger partial charge in [-0.05, 0) is 29.5 Å². The Labute approximate surface area is 100 Å². The first kappa shape index (κ1) is 13.5. The molecule has 0 bridgehead atoms. The highest BCUT2D eigenvalue weighted by atomic mass is 19.1. The van der Waals surface area contributed by atoms with Crippen LogP contribution in [-0.2, 0) is 10.2 Å². The predicted molar refractivity (Wildman–Crippen MR) is 62.9 cm³/mol. The second kappa shape index (κ2) is 5.17. The second-order valence-electron chi connectivity index (χ2n) is 4.53. The fourth-order valence-corrected chi connectivity index (χ4v) is 1.36. The van der Waals surface area contributed by atoms with Gasteiger partial charge in [0.15, 0.2) is 0 Å². The molecule has 0 spiro atoms. The zero-order valence-corrected chi connectivity index (χ0v) is 10.2. The van der Waals surface area contributed by atoms with Gasteiger partial charge in [0.05, 0.1) is 0 Å². The smallest absolute Gasteiger partial charge is 0.378 e. The van der Waals surface area contributed by atoms with Gasteiger partial charge in [0.2, 0.25) is 0 Å². The first-order valence-electron chi connectivity index (χ1n) is 5.51. The Morgan fingerprint density at radius 1 is 1.41 bits per heavy atom. The maximum Gasteiger partial charge on any atom is 0.378 e. The summed E-state index contributed by atoms with van der Waals surface area (Å²) in [5.74, 6) is -1.40. The van der Waals surface area contributed by atoms with Crippen molar-refractivity contribution in [2.75, 3.05) is 0 Å². The Balaban J connectivity index is 2.78. The highest BCUT2D eigenvalue weighted by Gasteiger charge is 2.19. The zero-order valence-electron chi connectivity index (χ0n) is 10.2. The molecule has 0 aliphatic rings. The fourth-order valence-electron chi connectivity index (χ4n) is 1.36. The third kappa shape index (κ3) is 3.44. The number of benzene rings is 1. The molecule has 1 atom stereocenters. The summed E-state index contributed by atoms with van der Waals surface area (Å²) in [7, 11) is 0. The van der Waals surface area contributed by atoms with Crippen molar-refractivity contribution in [3.05, 3.63) is 29.8 Å². The van der Waals surface area contributed by atoms with E-state index in [4.69, 9.17) is 5.11 Å². The van der Waals surface area contributed by atoms with Crippen molar-refractivity contribution in [1.29, 1.82) is 0 Å². The van der Waals surface area contributed by atoms with E-state index in [0.29, 0.717) is 0 Å². The monoisotopic (exact) mass is 240 g/mol. The SMILES string of the molecule is CCC(C)(C)c1ccc(OC(F)C(=O)O)cc1. The van der Waals surface area contributed by atoms with Gasteiger partial charge in [-0.3, -0.25) is 0 Å². The molecule has 0 saturated heterocycles. The van der Waals surface area contributed by atoms with Crippen molar-refractivity contribution in [2.24, 2.45) is 0 Å². The van der Waals surface area contributed by atoms with Gasteiger partial charge in [0.25, 0.3) is 0 Å². The first-order chi connectivity index (χ1) is 7.86. The van der Waals surface area contributed by atoms with E-state index in [-0.39, 0.29) is 11.2 Å². The highest BCUT2D eigenvalue weighted by molar-refractivity contribution is 5.70. The van der Waals surface area contributed by atoms with E-state index in [1.165, 1.54) is 0 Å². The lowest BCUT2D eigenvalue weighted by molar-refractivity contribution is -0.153. The van der Waals surface area contributed by atoms with E-state index in [9.17, 15) is 9.18 Å². The molecule has 0 fully saturated rings. The zero-order chi connectivity index (χ0) is 13.1. The summed E-state index contributed by atoms with van der Waals surface area (Å²) in [6.45, 7) is 6.31. The molecule has 0 aliphatic heterocycles. The summed E-state index contributed by atoms with van der Waals surface area (Å²) < 4.78 is 17.4. The first-order valence-corrected chi connectivity index (χ1v) is 5.51. The van der Waals surface area contributed by atoms with Crippen molar-refractivity contribution in [2.45, 2.75) is 39.0 Å². The minimum Gasteiger partial charge on any atom is -0.476 e. The Bertz CT molecular complexity index is 384. The molecule has 1 aromatic carbocycles. The van der Waals surface area contributed by atoms with E-state index >= 15 is 0 Å². The van der Waals surface area contributed by atoms with Crippen LogP contribution in [0.3, 0.4) is 0 Å². The molecule has 17 heavy (non-hydrogen) atoms. The van der Waals surface area contributed by atoms with E-state index in [2.05, 4.69) is 25.5 Å². The molecule has 0 heterocycles. The van der Waals surface area contributed by atoms with Crippen LogP contribution in [0.4, 0.5) is 4.39 Å². The van der Waals surface area contributed by atoms with Gasteiger partial charge in [-0.1, -0.05) is 32.9 Å². The lowest BCUT2D eigenvalue weighted by atomic mass is 9.82. The van der Waals surface area contributed by atoms with Crippen molar-refractivity contribution < 1.29 is 19.0 Å². The summed E-state index contributed by atoms with van der Waals surface area (Å²) in [4.78, 5) is 10.3. The summed E-state index contributed by atoms with van der Waals surface area (Å²) in [6.07, 6.45) is -1.34. The van der Waals surface area contributed by atoms with Crippen molar-refractivity contribution in [3.63, 3.8) is 0 Å². The van der Waals surface area contributed by atoms with Crippen molar-refractivity contribution in [1.82, 2.24) is 0 Å². The normalized spacial score (nSPS) is 13.2. The number of aliphatic carboxylic acids is 1. The van der Waals surface area contributed by atoms with Crippen molar-refractivity contribution >= 4 is 5.97 Å². The van der Waals surface area contributed by atoms with Gasteiger partial charge >= 0.3 is 12.3 Å². The van der Waals surface area contributed by atoms with E-state index in [1.807, 2.05) is 12.1 Å². The Kier molecular flexibility index (Phi) is 4.10. The number of carboxylic acid groups (broad SMARTS) is 1. The van der Waals surface area contributed by atoms with Crippen LogP contribution in [0.2, 0.25) is 0 Å². The summed E-state index contributed by atoms with van der Waals surface area (Å²) in [6, 6.07) is 6.82. The number of ether oxygens (including phenoxy) is 1. The maximum absolute atomic E-state index is 12.8. The number of hydrogen-bond donors (Lipinski definition) is 1. The number of carbonyl (C=O) groups is 1. The third-order valence-electron chi connectivity index (χ3n) is 2.95. The van der Waals surface area contributed by atoms with E-state index in [0.717, 1.165) is 12.0 Å². The van der Waals surface area contributed by atoms with E-state index in [1.54, 1.807) is 12.1 Å². The van der Waals surface area contributed by atoms with Crippen LogP contribution in [-0.4, -0.2) is 17.4 Å². The van der Waals surface area contributed by atoms with Gasteiger partial charge in [0, 0.05) is 0 Å². The molecular formula is C13H17FO3. The fraction of sp³-hybridized carbons (Fsp3) is 0.462. The number of hydrogen-bond acceptors (Lipinski definition) is 2. The standard InChI is InChI=1S/C13H17FO3/c1-4-13(2,3)9-5-7-10(8-6-9)17-11(14)12(15)16/h5-8,11H,4H2,1-3H3,(H,15,16). The molecule has 1 rings (SSSR count). The maximum atomic E-state index is 12.8. The molecule has 0 aliphatic carbocycles. The lowest BCUT2D eigenvalue weighted by Gasteiger charge is -2.23. The second-order valence-corrected chi connectivity index (χ2v) is 4.53. The van der Waals surface area contributed by atoms with Crippen LogP contribution in [0.1, 0.15) is 32.8 Å². The Morgan fingerprint density at radius 2 is 1.94 bits per heavy atom. The third-order valence-corrected chi connectivity index (χ3v) is 2.95. The van der Waals surface area contributed by atoms with Crippen molar-refractivity contribution in [3.8, 4) is 5.75 Å². The number of halogens is 1. The quantitative estimate of drug-likeness (QED) is 0.860. The average molecular weight is 240 g/mol. The number of alkyl halides is 1. The summed E-state index contributed by atoms with van der Waals surface area (Å²) in [5, 5.41) is 8.37. The largest absolute Gasteiger partial charge is 0.476 e. The molecule has 0 amide bonds. The number of rotatable bonds is 5. The van der Waals surface area contributed by atoms with Crippen LogP contribution in [0, 0.1) is 0 Å². The predicted octanol–water partition coefficient (Wildman–Crippen LogP) is 3.13. The molecule has 1 N–H and O–H groups in total.